The van der Waals surface area contributed by atoms with Gasteiger partial charge >= 0.3 is 0 Å². The Bertz CT molecular complexity index is 1300. The van der Waals surface area contributed by atoms with Crippen molar-refractivity contribution in [1.29, 1.82) is 0 Å². The van der Waals surface area contributed by atoms with E-state index in [1.807, 2.05) is 60.9 Å². The maximum absolute atomic E-state index is 11.7. The fourth-order valence-electron chi connectivity index (χ4n) is 4.21. The third kappa shape index (κ3) is 5.45. The van der Waals surface area contributed by atoms with Gasteiger partial charge in [0.1, 0.15) is 11.9 Å². The van der Waals surface area contributed by atoms with Crippen LogP contribution in [0.5, 0.6) is 0 Å². The van der Waals surface area contributed by atoms with E-state index in [4.69, 9.17) is 4.98 Å². The summed E-state index contributed by atoms with van der Waals surface area (Å²) in [5.41, 5.74) is 5.62. The largest absolute Gasteiger partial charge is 0.384 e. The van der Waals surface area contributed by atoms with Crippen molar-refractivity contribution in [3.05, 3.63) is 78.8 Å². The van der Waals surface area contributed by atoms with Crippen LogP contribution in [0.2, 0.25) is 0 Å². The van der Waals surface area contributed by atoms with Gasteiger partial charge in [0.15, 0.2) is 0 Å². The SMILES string of the molecule is CC(O)C(=O)Nc1ccc(-c2ccc3ncc(N4CCN(Cc5cccnc5)CC4)nc3c2)cc1. The van der Waals surface area contributed by atoms with E-state index in [9.17, 15) is 9.90 Å². The highest BCUT2D eigenvalue weighted by Gasteiger charge is 2.19. The number of carbonyl (C=O) groups is 1. The number of fused-ring (bicyclic) bond motifs is 1. The number of nitrogens with one attached hydrogen (secondary N) is 1. The Hall–Kier alpha value is -3.88. The standard InChI is InChI=1S/C27H28N6O2/c1-19(34)27(35)30-23-7-4-21(5-8-23)22-6-9-24-25(15-22)31-26(17-29-24)33-13-11-32(12-14-33)18-20-3-2-10-28-16-20/h2-10,15-17,19,34H,11-14,18H2,1H3,(H,30,35). The van der Waals surface area contributed by atoms with Gasteiger partial charge in [-0.2, -0.15) is 0 Å². The van der Waals surface area contributed by atoms with Crippen molar-refractivity contribution in [2.24, 2.45) is 0 Å². The number of anilines is 2. The minimum atomic E-state index is -1.05. The van der Waals surface area contributed by atoms with Gasteiger partial charge in [0.2, 0.25) is 0 Å². The van der Waals surface area contributed by atoms with E-state index in [1.54, 1.807) is 6.20 Å². The predicted molar refractivity (Wildman–Crippen MR) is 137 cm³/mol. The van der Waals surface area contributed by atoms with Crippen LogP contribution in [0.4, 0.5) is 11.5 Å². The minimum absolute atomic E-state index is 0.427. The highest BCUT2D eigenvalue weighted by Crippen LogP contribution is 2.26. The maximum atomic E-state index is 11.7. The molecule has 178 valence electrons. The van der Waals surface area contributed by atoms with Crippen molar-refractivity contribution in [2.45, 2.75) is 19.6 Å². The zero-order valence-corrected chi connectivity index (χ0v) is 19.6. The van der Waals surface area contributed by atoms with Crippen LogP contribution in [0.15, 0.2) is 73.2 Å². The van der Waals surface area contributed by atoms with Crippen molar-refractivity contribution in [3.8, 4) is 11.1 Å². The number of piperazine rings is 1. The summed E-state index contributed by atoms with van der Waals surface area (Å²) in [7, 11) is 0. The lowest BCUT2D eigenvalue weighted by Crippen LogP contribution is -2.46. The smallest absolute Gasteiger partial charge is 0.252 e. The van der Waals surface area contributed by atoms with Gasteiger partial charge in [-0.1, -0.05) is 24.3 Å². The number of hydrogen-bond donors (Lipinski definition) is 2. The van der Waals surface area contributed by atoms with Gasteiger partial charge in [0, 0.05) is 50.8 Å². The zero-order valence-electron chi connectivity index (χ0n) is 19.6. The van der Waals surface area contributed by atoms with Crippen LogP contribution >= 0.6 is 0 Å². The second-order valence-corrected chi connectivity index (χ2v) is 8.80. The maximum Gasteiger partial charge on any atom is 0.252 e. The third-order valence-corrected chi connectivity index (χ3v) is 6.22. The van der Waals surface area contributed by atoms with E-state index >= 15 is 0 Å². The highest BCUT2D eigenvalue weighted by atomic mass is 16.3. The van der Waals surface area contributed by atoms with Crippen LogP contribution < -0.4 is 10.2 Å². The molecule has 3 heterocycles. The number of amides is 1. The predicted octanol–water partition coefficient (Wildman–Crippen LogP) is 3.33. The summed E-state index contributed by atoms with van der Waals surface area (Å²) in [5, 5.41) is 12.1. The van der Waals surface area contributed by atoms with E-state index < -0.39 is 12.0 Å². The fraction of sp³-hybridized carbons (Fsp3) is 0.259. The molecule has 0 spiro atoms. The van der Waals surface area contributed by atoms with Crippen LogP contribution in [-0.4, -0.2) is 63.1 Å². The van der Waals surface area contributed by atoms with Crippen LogP contribution in [0, 0.1) is 0 Å². The first-order chi connectivity index (χ1) is 17.0. The lowest BCUT2D eigenvalue weighted by atomic mass is 10.0. The van der Waals surface area contributed by atoms with Crippen molar-refractivity contribution in [2.75, 3.05) is 36.4 Å². The summed E-state index contributed by atoms with van der Waals surface area (Å²) in [4.78, 5) is 30.2. The quantitative estimate of drug-likeness (QED) is 0.448. The average Bonchev–Trinajstić information content (AvgIpc) is 2.89. The monoisotopic (exact) mass is 468 g/mol. The molecule has 2 N–H and O–H groups in total. The van der Waals surface area contributed by atoms with Crippen molar-refractivity contribution in [3.63, 3.8) is 0 Å². The van der Waals surface area contributed by atoms with E-state index in [0.717, 1.165) is 60.7 Å². The Morgan fingerprint density at radius 3 is 2.49 bits per heavy atom. The highest BCUT2D eigenvalue weighted by molar-refractivity contribution is 5.94. The van der Waals surface area contributed by atoms with E-state index in [1.165, 1.54) is 12.5 Å². The number of rotatable bonds is 6. The van der Waals surface area contributed by atoms with Gasteiger partial charge in [-0.15, -0.1) is 0 Å². The molecule has 0 radical (unpaired) electrons. The van der Waals surface area contributed by atoms with Crippen LogP contribution in [0.25, 0.3) is 22.2 Å². The number of aliphatic hydroxyl groups is 1. The topological polar surface area (TPSA) is 94.5 Å². The van der Waals surface area contributed by atoms with Crippen LogP contribution in [0.3, 0.4) is 0 Å². The first-order valence-electron chi connectivity index (χ1n) is 11.8. The van der Waals surface area contributed by atoms with Crippen molar-refractivity contribution in [1.82, 2.24) is 19.9 Å². The molecule has 1 atom stereocenters. The molecular formula is C27H28N6O2. The number of nitrogens with zero attached hydrogens (tertiary/aromatic N) is 5. The molecule has 1 unspecified atom stereocenters. The van der Waals surface area contributed by atoms with E-state index in [0.29, 0.717) is 5.69 Å². The van der Waals surface area contributed by atoms with Crippen molar-refractivity contribution < 1.29 is 9.90 Å². The number of hydrogen-bond acceptors (Lipinski definition) is 7. The molecule has 1 amide bonds. The summed E-state index contributed by atoms with van der Waals surface area (Å²) >= 11 is 0. The number of benzene rings is 2. The molecule has 8 nitrogen and oxygen atoms in total. The summed E-state index contributed by atoms with van der Waals surface area (Å²) in [6.07, 6.45) is 4.54. The van der Waals surface area contributed by atoms with Gasteiger partial charge < -0.3 is 15.3 Å². The van der Waals surface area contributed by atoms with E-state index in [2.05, 4.69) is 31.2 Å². The third-order valence-electron chi connectivity index (χ3n) is 6.22. The Kier molecular flexibility index (Phi) is 6.65. The van der Waals surface area contributed by atoms with Gasteiger partial charge in [-0.25, -0.2) is 4.98 Å². The van der Waals surface area contributed by atoms with Gasteiger partial charge in [-0.05, 0) is 53.9 Å². The molecule has 2 aromatic heterocycles. The van der Waals surface area contributed by atoms with Crippen molar-refractivity contribution >= 4 is 28.4 Å². The molecule has 1 saturated heterocycles. The molecule has 0 bridgehead atoms. The van der Waals surface area contributed by atoms with E-state index in [-0.39, 0.29) is 0 Å². The molecule has 1 fully saturated rings. The molecule has 0 saturated carbocycles. The molecule has 5 rings (SSSR count). The Labute approximate surface area is 204 Å². The number of aromatic nitrogens is 3. The molecule has 2 aromatic carbocycles. The molecular weight excluding hydrogens is 440 g/mol. The number of aliphatic hydroxyl groups excluding tert-OH is 1. The normalized spacial score (nSPS) is 15.2. The molecule has 0 aliphatic carbocycles. The average molecular weight is 469 g/mol. The van der Waals surface area contributed by atoms with Gasteiger partial charge in [0.25, 0.3) is 5.91 Å². The second-order valence-electron chi connectivity index (χ2n) is 8.80. The van der Waals surface area contributed by atoms with Gasteiger partial charge in [0.05, 0.1) is 17.2 Å². The summed E-state index contributed by atoms with van der Waals surface area (Å²) < 4.78 is 0. The molecule has 35 heavy (non-hydrogen) atoms. The lowest BCUT2D eigenvalue weighted by molar-refractivity contribution is -0.123. The number of carbonyl (C=O) groups excluding carboxylic acids is 1. The minimum Gasteiger partial charge on any atom is -0.384 e. The molecule has 4 aromatic rings. The molecule has 1 aliphatic rings. The summed E-state index contributed by atoms with van der Waals surface area (Å²) in [6.45, 7) is 6.09. The lowest BCUT2D eigenvalue weighted by Gasteiger charge is -2.35. The first kappa shape index (κ1) is 22.9. The summed E-state index contributed by atoms with van der Waals surface area (Å²) in [5.74, 6) is 0.469. The Balaban J connectivity index is 1.28. The first-order valence-corrected chi connectivity index (χ1v) is 11.8. The second kappa shape index (κ2) is 10.2. The molecule has 1 aliphatic heterocycles. The summed E-state index contributed by atoms with van der Waals surface area (Å²) in [6, 6.07) is 17.7. The molecule has 8 heteroatoms. The Morgan fingerprint density at radius 1 is 1.00 bits per heavy atom. The zero-order chi connectivity index (χ0) is 24.2. The number of pyridine rings is 1. The Morgan fingerprint density at radius 2 is 1.77 bits per heavy atom. The van der Waals surface area contributed by atoms with Gasteiger partial charge in [-0.3, -0.25) is 19.7 Å². The fourth-order valence-corrected chi connectivity index (χ4v) is 4.21. The van der Waals surface area contributed by atoms with Crippen LogP contribution in [0.1, 0.15) is 12.5 Å². The van der Waals surface area contributed by atoms with Crippen LogP contribution in [-0.2, 0) is 11.3 Å².